The summed E-state index contributed by atoms with van der Waals surface area (Å²) in [6.45, 7) is 4.11. The zero-order chi connectivity index (χ0) is 20.8. The molecule has 1 aromatic heterocycles. The second-order valence-electron chi connectivity index (χ2n) is 6.13. The molecule has 0 aliphatic heterocycles. The average molecular weight is 430 g/mol. The van der Waals surface area contributed by atoms with Crippen molar-refractivity contribution in [3.05, 3.63) is 53.6 Å². The maximum atomic E-state index is 12.3. The summed E-state index contributed by atoms with van der Waals surface area (Å²) >= 11 is 7.38. The molecule has 0 aliphatic carbocycles. The first kappa shape index (κ1) is 20.9. The predicted octanol–water partition coefficient (Wildman–Crippen LogP) is 4.31. The largest absolute Gasteiger partial charge is 0.326 e. The van der Waals surface area contributed by atoms with Gasteiger partial charge < -0.3 is 15.2 Å². The van der Waals surface area contributed by atoms with Crippen LogP contribution in [0.3, 0.4) is 0 Å². The molecular weight excluding hydrogens is 410 g/mol. The topological polar surface area (TPSA) is 88.9 Å². The Hall–Kier alpha value is -2.84. The fourth-order valence-electron chi connectivity index (χ4n) is 2.68. The van der Waals surface area contributed by atoms with Crippen LogP contribution in [0.2, 0.25) is 5.02 Å². The van der Waals surface area contributed by atoms with Gasteiger partial charge in [-0.15, -0.1) is 10.2 Å². The van der Waals surface area contributed by atoms with E-state index in [0.29, 0.717) is 28.2 Å². The molecule has 150 valence electrons. The molecule has 7 nitrogen and oxygen atoms in total. The second kappa shape index (κ2) is 9.58. The number of nitrogens with zero attached hydrogens (tertiary/aromatic N) is 3. The highest BCUT2D eigenvalue weighted by atomic mass is 35.5. The monoisotopic (exact) mass is 429 g/mol. The Labute approximate surface area is 177 Å². The number of halogens is 1. The molecule has 0 fully saturated rings. The van der Waals surface area contributed by atoms with Gasteiger partial charge in [-0.25, -0.2) is 0 Å². The van der Waals surface area contributed by atoms with E-state index in [-0.39, 0.29) is 17.6 Å². The first-order valence-corrected chi connectivity index (χ1v) is 10.3. The van der Waals surface area contributed by atoms with E-state index >= 15 is 0 Å². The fraction of sp³-hybridized carbons (Fsp3) is 0.200. The molecule has 9 heteroatoms. The van der Waals surface area contributed by atoms with Crippen LogP contribution in [0.5, 0.6) is 0 Å². The van der Waals surface area contributed by atoms with Gasteiger partial charge in [0.2, 0.25) is 11.8 Å². The molecule has 0 atom stereocenters. The van der Waals surface area contributed by atoms with E-state index in [9.17, 15) is 9.59 Å². The third-order valence-corrected chi connectivity index (χ3v) is 5.27. The number of para-hydroxylation sites is 1. The van der Waals surface area contributed by atoms with Crippen LogP contribution >= 0.6 is 23.4 Å². The number of carbonyl (C=O) groups is 2. The van der Waals surface area contributed by atoms with Crippen molar-refractivity contribution in [3.8, 4) is 11.4 Å². The van der Waals surface area contributed by atoms with E-state index in [1.165, 1.54) is 18.7 Å². The molecular formula is C20H20ClN5O2S. The molecule has 0 aliphatic rings. The smallest absolute Gasteiger partial charge is 0.234 e. The van der Waals surface area contributed by atoms with Gasteiger partial charge in [-0.2, -0.15) is 0 Å². The Morgan fingerprint density at radius 2 is 1.79 bits per heavy atom. The van der Waals surface area contributed by atoms with Crippen LogP contribution in [-0.2, 0) is 16.1 Å². The molecule has 0 saturated carbocycles. The number of aromatic nitrogens is 3. The lowest BCUT2D eigenvalue weighted by atomic mass is 10.2. The average Bonchev–Trinajstić information content (AvgIpc) is 3.11. The van der Waals surface area contributed by atoms with Crippen molar-refractivity contribution in [2.45, 2.75) is 25.5 Å². The van der Waals surface area contributed by atoms with Gasteiger partial charge in [-0.05, 0) is 43.3 Å². The lowest BCUT2D eigenvalue weighted by Crippen LogP contribution is -2.15. The van der Waals surface area contributed by atoms with E-state index in [1.54, 1.807) is 18.2 Å². The molecule has 0 saturated heterocycles. The normalized spacial score (nSPS) is 10.6. The van der Waals surface area contributed by atoms with Crippen LogP contribution in [0.15, 0.2) is 53.7 Å². The van der Waals surface area contributed by atoms with Gasteiger partial charge in [-0.1, -0.05) is 35.5 Å². The number of amides is 2. The third kappa shape index (κ3) is 5.36. The number of benzene rings is 2. The van der Waals surface area contributed by atoms with E-state index < -0.39 is 0 Å². The number of anilines is 2. The number of hydrogen-bond acceptors (Lipinski definition) is 5. The summed E-state index contributed by atoms with van der Waals surface area (Å²) in [5, 5.41) is 15.2. The minimum Gasteiger partial charge on any atom is -0.326 e. The summed E-state index contributed by atoms with van der Waals surface area (Å²) < 4.78 is 1.95. The third-order valence-electron chi connectivity index (χ3n) is 3.98. The molecule has 0 radical (unpaired) electrons. The highest BCUT2D eigenvalue weighted by Gasteiger charge is 2.15. The van der Waals surface area contributed by atoms with Crippen LogP contribution in [0.4, 0.5) is 11.4 Å². The maximum absolute atomic E-state index is 12.3. The molecule has 0 spiro atoms. The van der Waals surface area contributed by atoms with Crippen molar-refractivity contribution in [1.29, 1.82) is 0 Å². The zero-order valence-electron chi connectivity index (χ0n) is 16.0. The van der Waals surface area contributed by atoms with Crippen molar-refractivity contribution >= 4 is 46.6 Å². The van der Waals surface area contributed by atoms with Gasteiger partial charge >= 0.3 is 0 Å². The lowest BCUT2D eigenvalue weighted by molar-refractivity contribution is -0.114. The highest BCUT2D eigenvalue weighted by molar-refractivity contribution is 7.99. The first-order chi connectivity index (χ1) is 14.0. The maximum Gasteiger partial charge on any atom is 0.234 e. The number of carbonyl (C=O) groups excluding carboxylic acids is 2. The van der Waals surface area contributed by atoms with Crippen molar-refractivity contribution in [1.82, 2.24) is 14.8 Å². The Kier molecular flexibility index (Phi) is 6.90. The van der Waals surface area contributed by atoms with Gasteiger partial charge in [0.25, 0.3) is 0 Å². The van der Waals surface area contributed by atoms with Crippen LogP contribution in [0.1, 0.15) is 13.8 Å². The predicted molar refractivity (Wildman–Crippen MR) is 116 cm³/mol. The quantitative estimate of drug-likeness (QED) is 0.546. The molecule has 2 N–H and O–H groups in total. The van der Waals surface area contributed by atoms with E-state index in [2.05, 4.69) is 20.8 Å². The van der Waals surface area contributed by atoms with Crippen molar-refractivity contribution in [2.24, 2.45) is 0 Å². The summed E-state index contributed by atoms with van der Waals surface area (Å²) in [5.41, 5.74) is 2.17. The highest BCUT2D eigenvalue weighted by Crippen LogP contribution is 2.26. The Balaban J connectivity index is 1.68. The van der Waals surface area contributed by atoms with Crippen molar-refractivity contribution in [3.63, 3.8) is 0 Å². The number of rotatable bonds is 7. The molecule has 2 aromatic carbocycles. The van der Waals surface area contributed by atoms with Gasteiger partial charge in [-0.3, -0.25) is 9.59 Å². The zero-order valence-corrected chi connectivity index (χ0v) is 17.5. The molecule has 0 unspecified atom stereocenters. The summed E-state index contributed by atoms with van der Waals surface area (Å²) in [7, 11) is 0. The van der Waals surface area contributed by atoms with E-state index in [4.69, 9.17) is 11.6 Å². The van der Waals surface area contributed by atoms with Crippen LogP contribution in [-0.4, -0.2) is 32.3 Å². The molecule has 1 heterocycles. The minimum atomic E-state index is -0.171. The molecule has 3 rings (SSSR count). The first-order valence-electron chi connectivity index (χ1n) is 8.96. The standard InChI is InChI=1S/C20H20ClN5O2S/c1-3-26-19(14-8-10-15(11-9-14)22-13(2)27)24-25-20(26)29-12-18(28)23-17-7-5-4-6-16(17)21/h4-11H,3,12H2,1-2H3,(H,22,27)(H,23,28). The number of nitrogens with one attached hydrogen (secondary N) is 2. The molecule has 29 heavy (non-hydrogen) atoms. The molecule has 2 amide bonds. The molecule has 3 aromatic rings. The van der Waals surface area contributed by atoms with E-state index in [1.807, 2.05) is 41.8 Å². The number of thioether (sulfide) groups is 1. The summed E-state index contributed by atoms with van der Waals surface area (Å²) in [6.07, 6.45) is 0. The van der Waals surface area contributed by atoms with Crippen molar-refractivity contribution < 1.29 is 9.59 Å². The lowest BCUT2D eigenvalue weighted by Gasteiger charge is -2.09. The minimum absolute atomic E-state index is 0.122. The van der Waals surface area contributed by atoms with Crippen LogP contribution in [0.25, 0.3) is 11.4 Å². The second-order valence-corrected chi connectivity index (χ2v) is 7.48. The van der Waals surface area contributed by atoms with Gasteiger partial charge in [0.15, 0.2) is 11.0 Å². The summed E-state index contributed by atoms with van der Waals surface area (Å²) in [5.74, 6) is 0.597. The van der Waals surface area contributed by atoms with Crippen LogP contribution < -0.4 is 10.6 Å². The van der Waals surface area contributed by atoms with Gasteiger partial charge in [0.1, 0.15) is 0 Å². The van der Waals surface area contributed by atoms with Crippen molar-refractivity contribution in [2.75, 3.05) is 16.4 Å². The SMILES string of the molecule is CCn1c(SCC(=O)Nc2ccccc2Cl)nnc1-c1ccc(NC(C)=O)cc1. The van der Waals surface area contributed by atoms with Gasteiger partial charge in [0.05, 0.1) is 16.5 Å². The summed E-state index contributed by atoms with van der Waals surface area (Å²) in [4.78, 5) is 23.4. The Morgan fingerprint density at radius 1 is 1.07 bits per heavy atom. The molecule has 0 bridgehead atoms. The Morgan fingerprint density at radius 3 is 2.45 bits per heavy atom. The van der Waals surface area contributed by atoms with Crippen LogP contribution in [0, 0.1) is 0 Å². The summed E-state index contributed by atoms with van der Waals surface area (Å²) in [6, 6.07) is 14.5. The number of hydrogen-bond donors (Lipinski definition) is 2. The Bertz CT molecular complexity index is 1020. The fourth-order valence-corrected chi connectivity index (χ4v) is 3.66. The van der Waals surface area contributed by atoms with Gasteiger partial charge in [0, 0.05) is 24.7 Å². The van der Waals surface area contributed by atoms with E-state index in [0.717, 1.165) is 11.3 Å².